The van der Waals surface area contributed by atoms with Crippen molar-refractivity contribution in [2.75, 3.05) is 33.0 Å². The van der Waals surface area contributed by atoms with Gasteiger partial charge in [-0.15, -0.1) is 0 Å². The Balaban J connectivity index is 1.60. The molecule has 2 atom stereocenters. The van der Waals surface area contributed by atoms with E-state index in [9.17, 15) is 14.7 Å². The van der Waals surface area contributed by atoms with Gasteiger partial charge in [-0.05, 0) is 43.2 Å². The maximum absolute atomic E-state index is 13.1. The van der Waals surface area contributed by atoms with Crippen LogP contribution in [0.4, 0.5) is 4.79 Å². The third-order valence-corrected chi connectivity index (χ3v) is 6.78. The SMILES string of the molecule is C=CCOC(=O)N1CC2(CCOCC2)CC1NN1C=CC(O)C(OCc2ccccc2)=C1C(=O)OCC. The molecule has 1 aromatic rings. The summed E-state index contributed by atoms with van der Waals surface area (Å²) >= 11 is 0. The quantitative estimate of drug-likeness (QED) is 0.380. The van der Waals surface area contributed by atoms with Crippen LogP contribution in [-0.2, 0) is 30.3 Å². The van der Waals surface area contributed by atoms with Gasteiger partial charge in [0.2, 0.25) is 0 Å². The molecular weight excluding hydrogens is 478 g/mol. The van der Waals surface area contributed by atoms with Crippen LogP contribution in [-0.4, -0.2) is 72.3 Å². The van der Waals surface area contributed by atoms with Crippen LogP contribution in [0.5, 0.6) is 0 Å². The normalized spacial score (nSPS) is 22.8. The van der Waals surface area contributed by atoms with E-state index in [0.717, 1.165) is 18.4 Å². The molecule has 1 spiro atoms. The number of esters is 1. The smallest absolute Gasteiger partial charge is 0.411 e. The summed E-state index contributed by atoms with van der Waals surface area (Å²) in [6.45, 7) is 7.48. The highest BCUT2D eigenvalue weighted by molar-refractivity contribution is 5.89. The zero-order valence-electron chi connectivity index (χ0n) is 21.1. The van der Waals surface area contributed by atoms with Crippen LogP contribution in [0.2, 0.25) is 0 Å². The molecule has 2 N–H and O–H groups in total. The summed E-state index contributed by atoms with van der Waals surface area (Å²) < 4.78 is 22.2. The lowest BCUT2D eigenvalue weighted by Gasteiger charge is -2.34. The lowest BCUT2D eigenvalue weighted by Crippen LogP contribution is -2.52. The van der Waals surface area contributed by atoms with Gasteiger partial charge in [0.15, 0.2) is 11.5 Å². The lowest BCUT2D eigenvalue weighted by molar-refractivity contribution is -0.141. The summed E-state index contributed by atoms with van der Waals surface area (Å²) in [5.74, 6) is -0.585. The third-order valence-electron chi connectivity index (χ3n) is 6.78. The van der Waals surface area contributed by atoms with E-state index in [1.165, 1.54) is 17.2 Å². The number of amides is 1. The third kappa shape index (κ3) is 6.33. The van der Waals surface area contributed by atoms with Crippen LogP contribution in [0.15, 0.2) is 66.7 Å². The maximum atomic E-state index is 13.1. The number of carbonyl (C=O) groups is 2. The van der Waals surface area contributed by atoms with E-state index in [1.807, 2.05) is 30.3 Å². The number of hydrazine groups is 1. The number of carbonyl (C=O) groups excluding carboxylic acids is 2. The van der Waals surface area contributed by atoms with Crippen LogP contribution < -0.4 is 5.43 Å². The average Bonchev–Trinajstić information content (AvgIpc) is 3.25. The molecule has 37 heavy (non-hydrogen) atoms. The molecule has 10 nitrogen and oxygen atoms in total. The van der Waals surface area contributed by atoms with Gasteiger partial charge in [-0.1, -0.05) is 43.0 Å². The Kier molecular flexibility index (Phi) is 8.86. The van der Waals surface area contributed by atoms with Crippen LogP contribution in [0.1, 0.15) is 31.7 Å². The molecule has 0 saturated carbocycles. The fourth-order valence-electron chi connectivity index (χ4n) is 4.89. The van der Waals surface area contributed by atoms with E-state index in [0.29, 0.717) is 26.2 Å². The highest BCUT2D eigenvalue weighted by Crippen LogP contribution is 2.42. The predicted octanol–water partition coefficient (Wildman–Crippen LogP) is 2.82. The highest BCUT2D eigenvalue weighted by atomic mass is 16.6. The number of rotatable bonds is 9. The van der Waals surface area contributed by atoms with E-state index in [-0.39, 0.29) is 36.7 Å². The second-order valence-electron chi connectivity index (χ2n) is 9.32. The van der Waals surface area contributed by atoms with Gasteiger partial charge in [-0.3, -0.25) is 9.91 Å². The van der Waals surface area contributed by atoms with Gasteiger partial charge >= 0.3 is 12.1 Å². The van der Waals surface area contributed by atoms with Gasteiger partial charge in [0, 0.05) is 26.0 Å². The van der Waals surface area contributed by atoms with E-state index in [2.05, 4.69) is 12.0 Å². The summed E-state index contributed by atoms with van der Waals surface area (Å²) in [6.07, 6.45) is 4.77. The van der Waals surface area contributed by atoms with Crippen molar-refractivity contribution in [2.24, 2.45) is 5.41 Å². The molecule has 2 unspecified atom stereocenters. The van der Waals surface area contributed by atoms with Crippen molar-refractivity contribution < 1.29 is 33.6 Å². The van der Waals surface area contributed by atoms with Crippen molar-refractivity contribution >= 4 is 12.1 Å². The largest absolute Gasteiger partial charge is 0.488 e. The highest BCUT2D eigenvalue weighted by Gasteiger charge is 2.48. The number of benzene rings is 1. The van der Waals surface area contributed by atoms with Gasteiger partial charge in [0.25, 0.3) is 0 Å². The van der Waals surface area contributed by atoms with Crippen molar-refractivity contribution in [2.45, 2.75) is 45.1 Å². The van der Waals surface area contributed by atoms with Gasteiger partial charge in [0.05, 0.1) is 6.61 Å². The number of hydrogen-bond acceptors (Lipinski definition) is 9. The van der Waals surface area contributed by atoms with Crippen molar-refractivity contribution in [1.29, 1.82) is 0 Å². The maximum Gasteiger partial charge on any atom is 0.411 e. The molecule has 0 radical (unpaired) electrons. The minimum absolute atomic E-state index is 0.0279. The predicted molar refractivity (Wildman–Crippen MR) is 134 cm³/mol. The van der Waals surface area contributed by atoms with Crippen molar-refractivity contribution in [3.05, 3.63) is 72.3 Å². The van der Waals surface area contributed by atoms with Crippen molar-refractivity contribution in [3.8, 4) is 0 Å². The molecule has 2 saturated heterocycles. The van der Waals surface area contributed by atoms with Crippen LogP contribution in [0, 0.1) is 5.41 Å². The molecule has 3 aliphatic heterocycles. The molecule has 3 heterocycles. The first kappa shape index (κ1) is 26.7. The molecule has 0 bridgehead atoms. The van der Waals surface area contributed by atoms with Gasteiger partial charge < -0.3 is 24.1 Å². The van der Waals surface area contributed by atoms with E-state index < -0.39 is 24.3 Å². The zero-order valence-corrected chi connectivity index (χ0v) is 21.1. The number of nitrogens with zero attached hydrogens (tertiary/aromatic N) is 2. The summed E-state index contributed by atoms with van der Waals surface area (Å²) in [7, 11) is 0. The number of nitrogens with one attached hydrogen (secondary N) is 1. The monoisotopic (exact) mass is 513 g/mol. The molecule has 4 rings (SSSR count). The van der Waals surface area contributed by atoms with Gasteiger partial charge in [0.1, 0.15) is 25.5 Å². The van der Waals surface area contributed by atoms with Gasteiger partial charge in [-0.2, -0.15) is 0 Å². The van der Waals surface area contributed by atoms with Crippen molar-refractivity contribution in [1.82, 2.24) is 15.3 Å². The second-order valence-corrected chi connectivity index (χ2v) is 9.32. The van der Waals surface area contributed by atoms with E-state index in [1.54, 1.807) is 18.0 Å². The molecule has 0 aliphatic carbocycles. The second kappa shape index (κ2) is 12.3. The summed E-state index contributed by atoms with van der Waals surface area (Å²) in [5.41, 5.74) is 4.08. The molecule has 0 aromatic heterocycles. The number of aliphatic hydroxyl groups is 1. The first-order chi connectivity index (χ1) is 18.0. The standard InChI is InChI=1S/C27H35N3O7/c1-3-14-36-26(33)29-19-27(11-15-34-16-12-27)17-22(29)28-30-13-10-21(31)24(23(30)25(32)35-4-2)37-18-20-8-6-5-7-9-20/h3,5-10,13,21-22,28,31H,1,4,11-12,14-19H2,2H3. The Morgan fingerprint density at radius 3 is 2.70 bits per heavy atom. The number of hydrogen-bond donors (Lipinski definition) is 2. The zero-order chi connectivity index (χ0) is 26.3. The lowest BCUT2D eigenvalue weighted by atomic mass is 9.79. The Bertz CT molecular complexity index is 1020. The Hall–Kier alpha value is -3.34. The van der Waals surface area contributed by atoms with E-state index >= 15 is 0 Å². The molecule has 10 heteroatoms. The minimum atomic E-state index is -1.14. The molecule has 3 aliphatic rings. The summed E-state index contributed by atoms with van der Waals surface area (Å²) in [5, 5.41) is 12.2. The Labute approximate surface area is 217 Å². The number of likely N-dealkylation sites (tertiary alicyclic amines) is 1. The Morgan fingerprint density at radius 1 is 1.24 bits per heavy atom. The topological polar surface area (TPSA) is 110 Å². The fraction of sp³-hybridized carbons (Fsp3) is 0.481. The Morgan fingerprint density at radius 2 is 2.00 bits per heavy atom. The molecular formula is C27H35N3O7. The first-order valence-electron chi connectivity index (χ1n) is 12.6. The number of ether oxygens (including phenoxy) is 4. The van der Waals surface area contributed by atoms with Gasteiger partial charge in [-0.25, -0.2) is 15.0 Å². The van der Waals surface area contributed by atoms with Crippen LogP contribution in [0.3, 0.4) is 0 Å². The van der Waals surface area contributed by atoms with Crippen molar-refractivity contribution in [3.63, 3.8) is 0 Å². The molecule has 1 aromatic carbocycles. The fourth-order valence-corrected chi connectivity index (χ4v) is 4.89. The average molecular weight is 514 g/mol. The minimum Gasteiger partial charge on any atom is -0.488 e. The van der Waals surface area contributed by atoms with Crippen LogP contribution in [0.25, 0.3) is 0 Å². The molecule has 200 valence electrons. The number of aliphatic hydroxyl groups excluding tert-OH is 1. The summed E-state index contributed by atoms with van der Waals surface area (Å²) in [4.78, 5) is 27.7. The molecule has 1 amide bonds. The first-order valence-corrected chi connectivity index (χ1v) is 12.6. The van der Waals surface area contributed by atoms with Crippen LogP contribution >= 0.6 is 0 Å². The summed E-state index contributed by atoms with van der Waals surface area (Å²) in [6, 6.07) is 9.46. The van der Waals surface area contributed by atoms with E-state index in [4.69, 9.17) is 18.9 Å². The molecule has 2 fully saturated rings.